The quantitative estimate of drug-likeness (QED) is 0.791. The topological polar surface area (TPSA) is 43.6 Å². The lowest BCUT2D eigenvalue weighted by atomic mass is 9.75. The van der Waals surface area contributed by atoms with Crippen LogP contribution in [0.3, 0.4) is 0 Å². The van der Waals surface area contributed by atoms with Crippen molar-refractivity contribution in [1.82, 2.24) is 20.2 Å². The van der Waals surface area contributed by atoms with E-state index in [2.05, 4.69) is 46.7 Å². The number of benzene rings is 1. The van der Waals surface area contributed by atoms with Gasteiger partial charge in [0.25, 0.3) is 0 Å². The van der Waals surface area contributed by atoms with E-state index < -0.39 is 0 Å². The molecule has 0 N–H and O–H groups in total. The Balaban J connectivity index is 2.19. The predicted octanol–water partition coefficient (Wildman–Crippen LogP) is 2.16. The van der Waals surface area contributed by atoms with Crippen LogP contribution in [0.2, 0.25) is 0 Å². The Morgan fingerprint density at radius 2 is 2.24 bits per heavy atom. The molecule has 0 bridgehead atoms. The Morgan fingerprint density at radius 1 is 1.35 bits per heavy atom. The summed E-state index contributed by atoms with van der Waals surface area (Å²) in [5, 5.41) is 11.7. The van der Waals surface area contributed by atoms with E-state index in [1.807, 2.05) is 4.68 Å². The maximum atomic E-state index is 4.14. The van der Waals surface area contributed by atoms with Gasteiger partial charge in [0, 0.05) is 0 Å². The molecule has 0 saturated heterocycles. The first-order valence-electron chi connectivity index (χ1n) is 6.19. The first kappa shape index (κ1) is 10.4. The van der Waals surface area contributed by atoms with Crippen molar-refractivity contribution < 1.29 is 0 Å². The van der Waals surface area contributed by atoms with Crippen molar-refractivity contribution in [3.63, 3.8) is 0 Å². The van der Waals surface area contributed by atoms with Crippen molar-refractivity contribution in [2.45, 2.75) is 38.1 Å². The molecule has 17 heavy (non-hydrogen) atoms. The minimum Gasteiger partial charge on any atom is -0.222 e. The zero-order chi connectivity index (χ0) is 11.7. The van der Waals surface area contributed by atoms with Crippen LogP contribution in [0.4, 0.5) is 0 Å². The molecular weight excluding hydrogens is 212 g/mol. The zero-order valence-corrected chi connectivity index (χ0v) is 10.0. The summed E-state index contributed by atoms with van der Waals surface area (Å²) < 4.78 is 1.94. The Hall–Kier alpha value is -1.71. The highest BCUT2D eigenvalue weighted by Gasteiger charge is 2.37. The van der Waals surface area contributed by atoms with Crippen LogP contribution < -0.4 is 0 Å². The molecular formula is C13H16N4. The van der Waals surface area contributed by atoms with Gasteiger partial charge in [-0.15, -0.1) is 5.10 Å². The molecule has 1 aliphatic carbocycles. The third-order valence-corrected chi connectivity index (χ3v) is 3.93. The molecule has 4 nitrogen and oxygen atoms in total. The molecule has 0 radical (unpaired) electrons. The molecule has 0 amide bonds. The SMILES string of the molecule is CCC1(n2cnnn2)CCCc2ccccc21. The van der Waals surface area contributed by atoms with Crippen LogP contribution in [0.15, 0.2) is 30.6 Å². The first-order chi connectivity index (χ1) is 8.37. The summed E-state index contributed by atoms with van der Waals surface area (Å²) in [7, 11) is 0. The minimum absolute atomic E-state index is 0.0433. The van der Waals surface area contributed by atoms with Crippen LogP contribution in [0.5, 0.6) is 0 Å². The largest absolute Gasteiger partial charge is 0.222 e. The van der Waals surface area contributed by atoms with E-state index in [-0.39, 0.29) is 5.54 Å². The lowest BCUT2D eigenvalue weighted by Gasteiger charge is -2.37. The van der Waals surface area contributed by atoms with Gasteiger partial charge in [0.1, 0.15) is 6.33 Å². The smallest absolute Gasteiger partial charge is 0.139 e. The molecule has 88 valence electrons. The van der Waals surface area contributed by atoms with Crippen molar-refractivity contribution in [3.8, 4) is 0 Å². The van der Waals surface area contributed by atoms with Gasteiger partial charge in [-0.25, -0.2) is 4.68 Å². The van der Waals surface area contributed by atoms with Gasteiger partial charge >= 0.3 is 0 Å². The highest BCUT2D eigenvalue weighted by atomic mass is 15.5. The summed E-state index contributed by atoms with van der Waals surface area (Å²) in [6, 6.07) is 8.67. The molecule has 2 aromatic rings. The summed E-state index contributed by atoms with van der Waals surface area (Å²) in [5.41, 5.74) is 2.79. The Kier molecular flexibility index (Phi) is 2.42. The number of hydrogen-bond acceptors (Lipinski definition) is 3. The number of fused-ring (bicyclic) bond motifs is 1. The van der Waals surface area contributed by atoms with Gasteiger partial charge in [0.15, 0.2) is 0 Å². The monoisotopic (exact) mass is 228 g/mol. The van der Waals surface area contributed by atoms with Gasteiger partial charge in [-0.1, -0.05) is 31.2 Å². The summed E-state index contributed by atoms with van der Waals surface area (Å²) in [4.78, 5) is 0. The number of rotatable bonds is 2. The van der Waals surface area contributed by atoms with Crippen molar-refractivity contribution >= 4 is 0 Å². The van der Waals surface area contributed by atoms with E-state index in [1.165, 1.54) is 24.0 Å². The van der Waals surface area contributed by atoms with Crippen molar-refractivity contribution in [3.05, 3.63) is 41.7 Å². The van der Waals surface area contributed by atoms with E-state index in [4.69, 9.17) is 0 Å². The van der Waals surface area contributed by atoms with E-state index in [0.717, 1.165) is 12.8 Å². The lowest BCUT2D eigenvalue weighted by molar-refractivity contribution is 0.258. The summed E-state index contributed by atoms with van der Waals surface area (Å²) in [6.07, 6.45) is 6.25. The standard InChI is InChI=1S/C13H16N4/c1-2-13(17-10-14-15-16-17)9-5-7-11-6-3-4-8-12(11)13/h3-4,6,8,10H,2,5,7,9H2,1H3. The second kappa shape index (κ2) is 3.95. The average Bonchev–Trinajstić information content (AvgIpc) is 2.92. The average molecular weight is 228 g/mol. The first-order valence-corrected chi connectivity index (χ1v) is 6.19. The predicted molar refractivity (Wildman–Crippen MR) is 64.6 cm³/mol. The van der Waals surface area contributed by atoms with Crippen LogP contribution in [-0.4, -0.2) is 20.2 Å². The van der Waals surface area contributed by atoms with E-state index in [9.17, 15) is 0 Å². The summed E-state index contributed by atoms with van der Waals surface area (Å²) in [5.74, 6) is 0. The van der Waals surface area contributed by atoms with Crippen LogP contribution in [0.1, 0.15) is 37.3 Å². The Labute approximate surface area is 101 Å². The summed E-state index contributed by atoms with van der Waals surface area (Å²) in [6.45, 7) is 2.21. The molecule has 0 fully saturated rings. The molecule has 3 rings (SSSR count). The van der Waals surface area contributed by atoms with Gasteiger partial charge in [0.05, 0.1) is 5.54 Å². The fraction of sp³-hybridized carbons (Fsp3) is 0.462. The van der Waals surface area contributed by atoms with Gasteiger partial charge in [-0.2, -0.15) is 0 Å². The van der Waals surface area contributed by atoms with Gasteiger partial charge in [-0.05, 0) is 47.2 Å². The molecule has 1 aromatic heterocycles. The van der Waals surface area contributed by atoms with Gasteiger partial charge in [-0.3, -0.25) is 0 Å². The summed E-state index contributed by atoms with van der Waals surface area (Å²) >= 11 is 0. The second-order valence-electron chi connectivity index (χ2n) is 4.65. The molecule has 1 aliphatic rings. The third kappa shape index (κ3) is 1.47. The minimum atomic E-state index is -0.0433. The normalized spacial score (nSPS) is 23.4. The Bertz CT molecular complexity index is 506. The maximum absolute atomic E-state index is 4.14. The van der Waals surface area contributed by atoms with Crippen LogP contribution >= 0.6 is 0 Å². The molecule has 0 saturated carbocycles. The number of tetrazole rings is 1. The highest BCUT2D eigenvalue weighted by Crippen LogP contribution is 2.40. The maximum Gasteiger partial charge on any atom is 0.139 e. The number of hydrogen-bond donors (Lipinski definition) is 0. The second-order valence-corrected chi connectivity index (χ2v) is 4.65. The Morgan fingerprint density at radius 3 is 3.00 bits per heavy atom. The molecule has 1 heterocycles. The molecule has 0 aliphatic heterocycles. The molecule has 1 aromatic carbocycles. The fourth-order valence-electron chi connectivity index (χ4n) is 3.02. The molecule has 4 heteroatoms. The number of aryl methyl sites for hydroxylation is 1. The van der Waals surface area contributed by atoms with Crippen LogP contribution in [0.25, 0.3) is 0 Å². The molecule has 1 unspecified atom stereocenters. The molecule has 0 spiro atoms. The fourth-order valence-corrected chi connectivity index (χ4v) is 3.02. The van der Waals surface area contributed by atoms with Gasteiger partial charge in [0.2, 0.25) is 0 Å². The van der Waals surface area contributed by atoms with Crippen molar-refractivity contribution in [2.24, 2.45) is 0 Å². The number of aromatic nitrogens is 4. The van der Waals surface area contributed by atoms with Gasteiger partial charge < -0.3 is 0 Å². The van der Waals surface area contributed by atoms with Crippen LogP contribution in [0, 0.1) is 0 Å². The molecule has 1 atom stereocenters. The number of nitrogens with zero attached hydrogens (tertiary/aromatic N) is 4. The van der Waals surface area contributed by atoms with Crippen molar-refractivity contribution in [2.75, 3.05) is 0 Å². The van der Waals surface area contributed by atoms with Crippen LogP contribution in [-0.2, 0) is 12.0 Å². The van der Waals surface area contributed by atoms with Crippen molar-refractivity contribution in [1.29, 1.82) is 0 Å². The third-order valence-electron chi connectivity index (χ3n) is 3.93. The zero-order valence-electron chi connectivity index (χ0n) is 10.0. The van der Waals surface area contributed by atoms with E-state index in [1.54, 1.807) is 6.33 Å². The lowest BCUT2D eigenvalue weighted by Crippen LogP contribution is -2.38. The highest BCUT2D eigenvalue weighted by molar-refractivity contribution is 5.36. The van der Waals surface area contributed by atoms with E-state index >= 15 is 0 Å². The van der Waals surface area contributed by atoms with E-state index in [0.29, 0.717) is 0 Å².